The first kappa shape index (κ1) is 20.0. The van der Waals surface area contributed by atoms with Crippen LogP contribution in [0.3, 0.4) is 0 Å². The average molecular weight is 365 g/mol. The molecule has 1 aromatic carbocycles. The highest BCUT2D eigenvalue weighted by Gasteiger charge is 2.28. The SMILES string of the molecule is CCN(CC)C(=O)N1CCC(C(=O)NCCOc2cccc(F)c2)CC1. The van der Waals surface area contributed by atoms with Gasteiger partial charge in [-0.25, -0.2) is 9.18 Å². The molecular formula is C19H28FN3O3. The molecule has 1 N–H and O–H groups in total. The molecule has 0 saturated carbocycles. The molecule has 1 saturated heterocycles. The minimum atomic E-state index is -0.349. The van der Waals surface area contributed by atoms with Crippen LogP contribution in [0.2, 0.25) is 0 Å². The number of hydrogen-bond donors (Lipinski definition) is 1. The second-order valence-corrected chi connectivity index (χ2v) is 6.31. The van der Waals surface area contributed by atoms with E-state index in [9.17, 15) is 14.0 Å². The average Bonchev–Trinajstić information content (AvgIpc) is 2.66. The van der Waals surface area contributed by atoms with E-state index in [1.165, 1.54) is 12.1 Å². The third kappa shape index (κ3) is 5.61. The lowest BCUT2D eigenvalue weighted by Gasteiger charge is -2.34. The number of piperidine rings is 1. The molecule has 2 rings (SSSR count). The predicted octanol–water partition coefficient (Wildman–Crippen LogP) is 2.49. The first-order chi connectivity index (χ1) is 12.5. The van der Waals surface area contributed by atoms with Gasteiger partial charge in [0.15, 0.2) is 0 Å². The molecule has 0 atom stereocenters. The van der Waals surface area contributed by atoms with Crippen LogP contribution in [0.5, 0.6) is 5.75 Å². The Bertz CT molecular complexity index is 599. The highest BCUT2D eigenvalue weighted by atomic mass is 19.1. The number of likely N-dealkylation sites (tertiary alicyclic amines) is 1. The smallest absolute Gasteiger partial charge is 0.319 e. The molecule has 1 heterocycles. The summed E-state index contributed by atoms with van der Waals surface area (Å²) in [5.74, 6) is 0.00716. The van der Waals surface area contributed by atoms with Crippen molar-refractivity contribution in [2.45, 2.75) is 26.7 Å². The number of carbonyl (C=O) groups excluding carboxylic acids is 2. The van der Waals surface area contributed by atoms with Crippen LogP contribution in [-0.2, 0) is 4.79 Å². The van der Waals surface area contributed by atoms with Crippen molar-refractivity contribution in [2.24, 2.45) is 5.92 Å². The largest absolute Gasteiger partial charge is 0.492 e. The second kappa shape index (κ2) is 9.99. The van der Waals surface area contributed by atoms with Gasteiger partial charge in [0.25, 0.3) is 0 Å². The molecule has 6 nitrogen and oxygen atoms in total. The summed E-state index contributed by atoms with van der Waals surface area (Å²) < 4.78 is 18.5. The Morgan fingerprint density at radius 3 is 2.58 bits per heavy atom. The van der Waals surface area contributed by atoms with Crippen molar-refractivity contribution in [1.82, 2.24) is 15.1 Å². The summed E-state index contributed by atoms with van der Waals surface area (Å²) >= 11 is 0. The van der Waals surface area contributed by atoms with Gasteiger partial charge in [-0.3, -0.25) is 4.79 Å². The number of hydrogen-bond acceptors (Lipinski definition) is 3. The Kier molecular flexibility index (Phi) is 7.69. The lowest BCUT2D eigenvalue weighted by atomic mass is 9.96. The molecule has 1 aliphatic rings. The molecule has 26 heavy (non-hydrogen) atoms. The van der Waals surface area contributed by atoms with Crippen LogP contribution in [0.1, 0.15) is 26.7 Å². The van der Waals surface area contributed by atoms with Crippen molar-refractivity contribution in [3.8, 4) is 5.75 Å². The molecule has 1 aromatic rings. The molecule has 0 radical (unpaired) electrons. The van der Waals surface area contributed by atoms with Gasteiger partial charge in [-0.2, -0.15) is 0 Å². The molecular weight excluding hydrogens is 337 g/mol. The number of nitrogens with one attached hydrogen (secondary N) is 1. The number of benzene rings is 1. The van der Waals surface area contributed by atoms with Gasteiger partial charge in [-0.05, 0) is 38.8 Å². The van der Waals surface area contributed by atoms with Crippen molar-refractivity contribution in [3.05, 3.63) is 30.1 Å². The van der Waals surface area contributed by atoms with E-state index >= 15 is 0 Å². The fourth-order valence-corrected chi connectivity index (χ4v) is 3.07. The molecule has 3 amide bonds. The van der Waals surface area contributed by atoms with Gasteiger partial charge in [0.05, 0.1) is 6.54 Å². The number of ether oxygens (including phenoxy) is 1. The summed E-state index contributed by atoms with van der Waals surface area (Å²) in [4.78, 5) is 28.2. The van der Waals surface area contributed by atoms with Crippen LogP contribution in [0.25, 0.3) is 0 Å². The zero-order valence-corrected chi connectivity index (χ0v) is 15.5. The number of urea groups is 1. The first-order valence-electron chi connectivity index (χ1n) is 9.25. The van der Waals surface area contributed by atoms with Crippen molar-refractivity contribution in [2.75, 3.05) is 39.3 Å². The van der Waals surface area contributed by atoms with Crippen LogP contribution < -0.4 is 10.1 Å². The number of nitrogens with zero attached hydrogens (tertiary/aromatic N) is 2. The standard InChI is InChI=1S/C19H28FN3O3/c1-3-22(4-2)19(25)23-11-8-15(9-12-23)18(24)21-10-13-26-17-7-5-6-16(20)14-17/h5-7,14-15H,3-4,8-13H2,1-2H3,(H,21,24). The Balaban J connectivity index is 1.67. The first-order valence-corrected chi connectivity index (χ1v) is 9.25. The number of rotatable bonds is 7. The fraction of sp³-hybridized carbons (Fsp3) is 0.579. The molecule has 1 fully saturated rings. The van der Waals surface area contributed by atoms with E-state index in [4.69, 9.17) is 4.74 Å². The lowest BCUT2D eigenvalue weighted by molar-refractivity contribution is -0.126. The summed E-state index contributed by atoms with van der Waals surface area (Å²) in [6.45, 7) is 7.19. The van der Waals surface area contributed by atoms with Gasteiger partial charge in [0.2, 0.25) is 5.91 Å². The maximum absolute atomic E-state index is 13.1. The summed E-state index contributed by atoms with van der Waals surface area (Å²) in [5.41, 5.74) is 0. The minimum Gasteiger partial charge on any atom is -0.492 e. The van der Waals surface area contributed by atoms with Crippen molar-refractivity contribution >= 4 is 11.9 Å². The Hall–Kier alpha value is -2.31. The van der Waals surface area contributed by atoms with E-state index in [0.717, 1.165) is 0 Å². The summed E-state index contributed by atoms with van der Waals surface area (Å²) in [6, 6.07) is 5.97. The lowest BCUT2D eigenvalue weighted by Crippen LogP contribution is -2.48. The highest BCUT2D eigenvalue weighted by molar-refractivity contribution is 5.79. The van der Waals surface area contributed by atoms with E-state index in [-0.39, 0.29) is 30.3 Å². The maximum Gasteiger partial charge on any atom is 0.319 e. The predicted molar refractivity (Wildman–Crippen MR) is 97.5 cm³/mol. The molecule has 7 heteroatoms. The maximum atomic E-state index is 13.1. The zero-order chi connectivity index (χ0) is 18.9. The van der Waals surface area contributed by atoms with Crippen LogP contribution >= 0.6 is 0 Å². The zero-order valence-electron chi connectivity index (χ0n) is 15.5. The number of carbonyl (C=O) groups is 2. The van der Waals surface area contributed by atoms with E-state index < -0.39 is 0 Å². The minimum absolute atomic E-state index is 0.0113. The number of amides is 3. The molecule has 1 aliphatic heterocycles. The van der Waals surface area contributed by atoms with E-state index in [0.29, 0.717) is 51.3 Å². The van der Waals surface area contributed by atoms with Crippen LogP contribution in [0.15, 0.2) is 24.3 Å². The Morgan fingerprint density at radius 2 is 1.96 bits per heavy atom. The monoisotopic (exact) mass is 365 g/mol. The highest BCUT2D eigenvalue weighted by Crippen LogP contribution is 2.18. The fourth-order valence-electron chi connectivity index (χ4n) is 3.07. The van der Waals surface area contributed by atoms with Crippen molar-refractivity contribution in [3.63, 3.8) is 0 Å². The third-order valence-corrected chi connectivity index (χ3v) is 4.64. The van der Waals surface area contributed by atoms with Gasteiger partial charge >= 0.3 is 6.03 Å². The molecule has 0 aliphatic carbocycles. The van der Waals surface area contributed by atoms with E-state index in [1.54, 1.807) is 17.0 Å². The van der Waals surface area contributed by atoms with Crippen LogP contribution in [-0.4, -0.2) is 61.1 Å². The Labute approximate surface area is 154 Å². The molecule has 0 aromatic heterocycles. The summed E-state index contributed by atoms with van der Waals surface area (Å²) in [5, 5.41) is 2.85. The molecule has 144 valence electrons. The van der Waals surface area contributed by atoms with Crippen LogP contribution in [0.4, 0.5) is 9.18 Å². The topological polar surface area (TPSA) is 61.9 Å². The molecule has 0 spiro atoms. The van der Waals surface area contributed by atoms with Crippen molar-refractivity contribution < 1.29 is 18.7 Å². The van der Waals surface area contributed by atoms with E-state index in [1.807, 2.05) is 18.7 Å². The van der Waals surface area contributed by atoms with Gasteiger partial charge in [0, 0.05) is 38.2 Å². The Morgan fingerprint density at radius 1 is 1.27 bits per heavy atom. The third-order valence-electron chi connectivity index (χ3n) is 4.64. The van der Waals surface area contributed by atoms with Gasteiger partial charge in [-0.15, -0.1) is 0 Å². The van der Waals surface area contributed by atoms with Crippen LogP contribution in [0, 0.1) is 11.7 Å². The van der Waals surface area contributed by atoms with Gasteiger partial charge in [-0.1, -0.05) is 6.07 Å². The van der Waals surface area contributed by atoms with Crippen molar-refractivity contribution in [1.29, 1.82) is 0 Å². The molecule has 0 unspecified atom stereocenters. The van der Waals surface area contributed by atoms with Gasteiger partial charge < -0.3 is 19.9 Å². The second-order valence-electron chi connectivity index (χ2n) is 6.31. The quantitative estimate of drug-likeness (QED) is 0.755. The normalized spacial score (nSPS) is 14.8. The van der Waals surface area contributed by atoms with E-state index in [2.05, 4.69) is 5.32 Å². The summed E-state index contributed by atoms with van der Waals surface area (Å²) in [7, 11) is 0. The molecule has 0 bridgehead atoms. The number of halogens is 1. The van der Waals surface area contributed by atoms with Gasteiger partial charge in [0.1, 0.15) is 18.2 Å². The summed E-state index contributed by atoms with van der Waals surface area (Å²) in [6.07, 6.45) is 1.34.